The third-order valence-corrected chi connectivity index (χ3v) is 6.71. The summed E-state index contributed by atoms with van der Waals surface area (Å²) in [7, 11) is -3.37. The van der Waals surface area contributed by atoms with Gasteiger partial charge in [0.2, 0.25) is 5.89 Å². The Balaban J connectivity index is 1.74. The second-order valence-corrected chi connectivity index (χ2v) is 8.67. The van der Waals surface area contributed by atoms with E-state index in [-0.39, 0.29) is 17.6 Å². The van der Waals surface area contributed by atoms with Crippen LogP contribution >= 0.6 is 11.3 Å². The maximum atomic E-state index is 12.3. The van der Waals surface area contributed by atoms with Crippen LogP contribution in [0.1, 0.15) is 35.3 Å². The molecule has 1 fully saturated rings. The molecule has 21 heavy (non-hydrogen) atoms. The second-order valence-electron chi connectivity index (χ2n) is 5.17. The second kappa shape index (κ2) is 5.90. The molecule has 0 amide bonds. The van der Waals surface area contributed by atoms with E-state index in [2.05, 4.69) is 4.98 Å². The van der Waals surface area contributed by atoms with Gasteiger partial charge in [-0.15, -0.1) is 11.3 Å². The van der Waals surface area contributed by atoms with E-state index >= 15 is 0 Å². The maximum absolute atomic E-state index is 12.3. The van der Waals surface area contributed by atoms with Crippen LogP contribution in [0.5, 0.6) is 0 Å². The van der Waals surface area contributed by atoms with Crippen molar-refractivity contribution in [3.63, 3.8) is 0 Å². The van der Waals surface area contributed by atoms with Gasteiger partial charge in [0.15, 0.2) is 9.84 Å². The number of aromatic nitrogens is 1. The zero-order valence-corrected chi connectivity index (χ0v) is 13.4. The monoisotopic (exact) mass is 327 g/mol. The van der Waals surface area contributed by atoms with Crippen molar-refractivity contribution in [2.24, 2.45) is 0 Å². The minimum atomic E-state index is -3.37. The Hall–Kier alpha value is -1.18. The van der Waals surface area contributed by atoms with Crippen LogP contribution in [0.15, 0.2) is 27.0 Å². The summed E-state index contributed by atoms with van der Waals surface area (Å²) in [4.78, 5) is 5.10. The number of hydrogen-bond acceptors (Lipinski definition) is 6. The first-order valence-corrected chi connectivity index (χ1v) is 9.33. The van der Waals surface area contributed by atoms with Gasteiger partial charge in [0.25, 0.3) is 0 Å². The highest BCUT2D eigenvalue weighted by atomic mass is 32.2. The number of thiophene rings is 1. The van der Waals surface area contributed by atoms with Crippen molar-refractivity contribution in [2.75, 3.05) is 13.2 Å². The topological polar surface area (TPSA) is 69.4 Å². The normalized spacial score (nSPS) is 17.2. The summed E-state index contributed by atoms with van der Waals surface area (Å²) in [6, 6.07) is 3.44. The minimum absolute atomic E-state index is 0.184. The fourth-order valence-corrected chi connectivity index (χ4v) is 4.92. The maximum Gasteiger partial charge on any atom is 0.209 e. The summed E-state index contributed by atoms with van der Waals surface area (Å²) in [6.45, 7) is 3.32. The van der Waals surface area contributed by atoms with Gasteiger partial charge in [-0.2, -0.15) is 0 Å². The molecule has 7 heteroatoms. The molecule has 0 unspecified atom stereocenters. The van der Waals surface area contributed by atoms with Gasteiger partial charge in [-0.05, 0) is 31.9 Å². The van der Waals surface area contributed by atoms with Crippen LogP contribution in [0.25, 0.3) is 0 Å². The van der Waals surface area contributed by atoms with Crippen molar-refractivity contribution in [3.8, 4) is 0 Å². The molecule has 0 spiro atoms. The smallest absolute Gasteiger partial charge is 0.209 e. The predicted molar refractivity (Wildman–Crippen MR) is 79.2 cm³/mol. The molecule has 0 N–H and O–H groups in total. The first kappa shape index (κ1) is 14.7. The van der Waals surface area contributed by atoms with E-state index in [4.69, 9.17) is 9.15 Å². The van der Waals surface area contributed by atoms with Crippen LogP contribution in [0.3, 0.4) is 0 Å². The third kappa shape index (κ3) is 3.36. The van der Waals surface area contributed by atoms with Gasteiger partial charge in [0.1, 0.15) is 15.7 Å². The summed E-state index contributed by atoms with van der Waals surface area (Å²) in [5.41, 5.74) is 0. The lowest BCUT2D eigenvalue weighted by Gasteiger charge is -2.19. The van der Waals surface area contributed by atoms with Crippen LogP contribution in [0, 0.1) is 6.92 Å². The van der Waals surface area contributed by atoms with Crippen molar-refractivity contribution < 1.29 is 17.6 Å². The van der Waals surface area contributed by atoms with E-state index in [0.29, 0.717) is 17.4 Å². The molecule has 0 bridgehead atoms. The van der Waals surface area contributed by atoms with Gasteiger partial charge in [-0.1, -0.05) is 0 Å². The van der Waals surface area contributed by atoms with E-state index < -0.39 is 9.84 Å². The Morgan fingerprint density at radius 3 is 2.76 bits per heavy atom. The molecular formula is C14H17NO4S2. The quantitative estimate of drug-likeness (QED) is 0.863. The van der Waals surface area contributed by atoms with E-state index in [0.717, 1.165) is 23.5 Å². The fourth-order valence-electron chi connectivity index (χ4n) is 2.37. The molecule has 5 nitrogen and oxygen atoms in total. The summed E-state index contributed by atoms with van der Waals surface area (Å²) >= 11 is 1.27. The Bertz CT molecular complexity index is 711. The standard InChI is InChI=1S/C14H17NO4S2/c1-10-2-3-14(20-10)21(16,17)9-13-15-8-12(19-13)11-4-6-18-7-5-11/h2-3,8,11H,4-7,9H2,1H3. The van der Waals surface area contributed by atoms with Crippen molar-refractivity contribution in [1.82, 2.24) is 4.98 Å². The number of sulfone groups is 1. The number of aryl methyl sites for hydroxylation is 1. The highest BCUT2D eigenvalue weighted by Gasteiger charge is 2.23. The molecule has 114 valence electrons. The molecule has 1 aliphatic heterocycles. The van der Waals surface area contributed by atoms with Crippen LogP contribution in [-0.4, -0.2) is 26.6 Å². The largest absolute Gasteiger partial charge is 0.444 e. The van der Waals surface area contributed by atoms with Gasteiger partial charge in [-0.3, -0.25) is 0 Å². The molecule has 0 aliphatic carbocycles. The Labute approximate surface area is 127 Å². The van der Waals surface area contributed by atoms with Crippen molar-refractivity contribution >= 4 is 21.2 Å². The predicted octanol–water partition coefficient (Wildman–Crippen LogP) is 2.91. The van der Waals surface area contributed by atoms with E-state index in [1.807, 2.05) is 6.92 Å². The van der Waals surface area contributed by atoms with Crippen LogP contribution < -0.4 is 0 Å². The molecule has 2 aromatic heterocycles. The fraction of sp³-hybridized carbons (Fsp3) is 0.500. The van der Waals surface area contributed by atoms with Crippen LogP contribution in [0.4, 0.5) is 0 Å². The lowest BCUT2D eigenvalue weighted by Crippen LogP contribution is -2.13. The summed E-state index contributed by atoms with van der Waals surface area (Å²) in [5.74, 6) is 1.14. The number of oxazole rings is 1. The molecule has 0 radical (unpaired) electrons. The summed E-state index contributed by atoms with van der Waals surface area (Å²) in [5, 5.41) is 0. The number of hydrogen-bond donors (Lipinski definition) is 0. The lowest BCUT2D eigenvalue weighted by molar-refractivity contribution is 0.0804. The number of nitrogens with zero attached hydrogens (tertiary/aromatic N) is 1. The molecule has 0 atom stereocenters. The van der Waals surface area contributed by atoms with Gasteiger partial charge < -0.3 is 9.15 Å². The molecule has 0 aromatic carbocycles. The van der Waals surface area contributed by atoms with Crippen LogP contribution in [-0.2, 0) is 20.3 Å². The number of ether oxygens (including phenoxy) is 1. The zero-order valence-electron chi connectivity index (χ0n) is 11.7. The van der Waals surface area contributed by atoms with E-state index in [1.54, 1.807) is 18.3 Å². The van der Waals surface area contributed by atoms with Gasteiger partial charge >= 0.3 is 0 Å². The Kier molecular flexibility index (Phi) is 4.14. The van der Waals surface area contributed by atoms with Crippen LogP contribution in [0.2, 0.25) is 0 Å². The van der Waals surface area contributed by atoms with Gasteiger partial charge in [0, 0.05) is 24.0 Å². The number of rotatable bonds is 4. The molecular weight excluding hydrogens is 310 g/mol. The lowest BCUT2D eigenvalue weighted by atomic mass is 9.98. The van der Waals surface area contributed by atoms with Crippen molar-refractivity contribution in [2.45, 2.75) is 35.6 Å². The molecule has 3 rings (SSSR count). The molecule has 1 saturated heterocycles. The molecule has 3 heterocycles. The average Bonchev–Trinajstić information content (AvgIpc) is 3.09. The highest BCUT2D eigenvalue weighted by Crippen LogP contribution is 2.29. The van der Waals surface area contributed by atoms with Crippen molar-refractivity contribution in [1.29, 1.82) is 0 Å². The molecule has 1 aliphatic rings. The average molecular weight is 327 g/mol. The molecule has 2 aromatic rings. The third-order valence-electron chi connectivity index (χ3n) is 3.53. The zero-order chi connectivity index (χ0) is 14.9. The summed E-state index contributed by atoms with van der Waals surface area (Å²) < 4.78 is 35.9. The Morgan fingerprint density at radius 2 is 2.10 bits per heavy atom. The first-order valence-electron chi connectivity index (χ1n) is 6.86. The summed E-state index contributed by atoms with van der Waals surface area (Å²) in [6.07, 6.45) is 3.44. The van der Waals surface area contributed by atoms with Gasteiger partial charge in [0.05, 0.1) is 6.20 Å². The van der Waals surface area contributed by atoms with E-state index in [9.17, 15) is 8.42 Å². The minimum Gasteiger partial charge on any atom is -0.444 e. The van der Waals surface area contributed by atoms with E-state index in [1.165, 1.54) is 11.3 Å². The first-order chi connectivity index (χ1) is 10.0. The van der Waals surface area contributed by atoms with Gasteiger partial charge in [-0.25, -0.2) is 13.4 Å². The molecule has 0 saturated carbocycles. The SMILES string of the molecule is Cc1ccc(S(=O)(=O)Cc2ncc(C3CCOCC3)o2)s1. The van der Waals surface area contributed by atoms with Crippen molar-refractivity contribution in [3.05, 3.63) is 34.9 Å². The Morgan fingerprint density at radius 1 is 1.33 bits per heavy atom. The highest BCUT2D eigenvalue weighted by molar-refractivity contribution is 7.92.